The van der Waals surface area contributed by atoms with Gasteiger partial charge < -0.3 is 19.6 Å². The predicted molar refractivity (Wildman–Crippen MR) is 130 cm³/mol. The summed E-state index contributed by atoms with van der Waals surface area (Å²) in [6.45, 7) is 1.03. The molecule has 3 aromatic rings. The molecule has 190 valence electrons. The molecule has 2 aliphatic rings. The highest BCUT2D eigenvalue weighted by Crippen LogP contribution is 2.32. The van der Waals surface area contributed by atoms with E-state index in [1.807, 2.05) is 0 Å². The monoisotopic (exact) mass is 527 g/mol. The van der Waals surface area contributed by atoms with Crippen LogP contribution in [0, 0.1) is 5.82 Å². The van der Waals surface area contributed by atoms with Crippen molar-refractivity contribution in [3.05, 3.63) is 45.6 Å². The van der Waals surface area contributed by atoms with Gasteiger partial charge in [-0.05, 0) is 50.3 Å². The molecule has 0 unspecified atom stereocenters. The number of aliphatic hydroxyl groups is 1. The van der Waals surface area contributed by atoms with E-state index in [0.29, 0.717) is 24.1 Å². The Labute approximate surface area is 206 Å². The van der Waals surface area contributed by atoms with E-state index in [1.165, 1.54) is 24.6 Å². The van der Waals surface area contributed by atoms with Crippen LogP contribution in [-0.4, -0.2) is 65.4 Å². The quantitative estimate of drug-likeness (QED) is 0.474. The second kappa shape index (κ2) is 11.1. The minimum absolute atomic E-state index is 0.0760. The van der Waals surface area contributed by atoms with Gasteiger partial charge in [-0.3, -0.25) is 4.98 Å². The molecule has 12 heteroatoms. The zero-order valence-corrected chi connectivity index (χ0v) is 20.5. The van der Waals surface area contributed by atoms with Crippen LogP contribution < -0.4 is 10.4 Å². The topological polar surface area (TPSA) is 134 Å². The van der Waals surface area contributed by atoms with E-state index in [9.17, 15) is 17.6 Å². The number of hydrogen-bond donors (Lipinski definition) is 3. The predicted octanol–water partition coefficient (Wildman–Crippen LogP) is 3.21. The van der Waals surface area contributed by atoms with Crippen LogP contribution in [0.5, 0.6) is 5.75 Å². The molecule has 2 aromatic heterocycles. The second-order valence-electron chi connectivity index (χ2n) is 8.58. The molecule has 0 radical (unpaired) electrons. The first-order valence-corrected chi connectivity index (χ1v) is 13.6. The third-order valence-corrected chi connectivity index (χ3v) is 7.94. The molecule has 2 aliphatic heterocycles. The molecule has 3 N–H and O–H groups in total. The van der Waals surface area contributed by atoms with Gasteiger partial charge in [-0.25, -0.2) is 22.6 Å². The number of ether oxygens (including phenoxy) is 2. The summed E-state index contributed by atoms with van der Waals surface area (Å²) in [4.78, 5) is 20.6. The van der Waals surface area contributed by atoms with Gasteiger partial charge in [0.05, 0.1) is 40.4 Å². The van der Waals surface area contributed by atoms with Crippen molar-refractivity contribution in [2.45, 2.75) is 44.3 Å². The molecule has 1 atom stereocenters. The van der Waals surface area contributed by atoms with Crippen LogP contribution in [0.25, 0.3) is 22.4 Å². The van der Waals surface area contributed by atoms with Gasteiger partial charge in [0, 0.05) is 18.2 Å². The standard InChI is InChI=1S/C17H15ClFN3O4S.C6H12O2/c18-12-8-14-16(22-17(23)20-14)21-15(12)11-2-1-10(7-13(11)19)26-9-3-5-27(24,25)6-4-9;7-5-6-3-1-2-4-8-6/h1-2,7-9H,3-6H2,(H2,20,21,22,23);6-7H,1-5H2/t;6-/m.0/s1. The van der Waals surface area contributed by atoms with Crippen molar-refractivity contribution in [3.8, 4) is 17.0 Å². The fraction of sp³-hybridized carbons (Fsp3) is 0.478. The molecule has 5 rings (SSSR count). The largest absolute Gasteiger partial charge is 0.490 e. The number of nitrogens with zero attached hydrogens (tertiary/aromatic N) is 1. The lowest BCUT2D eigenvalue weighted by Crippen LogP contribution is -2.30. The Morgan fingerprint density at radius 2 is 1.94 bits per heavy atom. The first-order valence-electron chi connectivity index (χ1n) is 11.4. The highest BCUT2D eigenvalue weighted by molar-refractivity contribution is 7.91. The number of halogens is 2. The Morgan fingerprint density at radius 1 is 1.17 bits per heavy atom. The molecular formula is C23H27ClFN3O6S. The summed E-state index contributed by atoms with van der Waals surface area (Å²) in [5.74, 6) is -0.116. The van der Waals surface area contributed by atoms with Crippen molar-refractivity contribution in [2.75, 3.05) is 24.7 Å². The number of benzene rings is 1. The van der Waals surface area contributed by atoms with Crippen LogP contribution in [-0.2, 0) is 14.6 Å². The van der Waals surface area contributed by atoms with Gasteiger partial charge >= 0.3 is 5.69 Å². The summed E-state index contributed by atoms with van der Waals surface area (Å²) in [6.07, 6.45) is 4.07. The number of imidazole rings is 1. The first kappa shape index (κ1) is 25.6. The molecule has 2 saturated heterocycles. The number of pyridine rings is 1. The lowest BCUT2D eigenvalue weighted by molar-refractivity contribution is -0.0172. The number of aliphatic hydroxyl groups excluding tert-OH is 1. The fourth-order valence-electron chi connectivity index (χ4n) is 4.02. The molecular weight excluding hydrogens is 501 g/mol. The summed E-state index contributed by atoms with van der Waals surface area (Å²) in [6, 6.07) is 5.81. The van der Waals surface area contributed by atoms with E-state index in [1.54, 1.807) is 6.07 Å². The number of H-pyrrole nitrogens is 2. The van der Waals surface area contributed by atoms with Gasteiger partial charge in [0.2, 0.25) is 0 Å². The molecule has 0 bridgehead atoms. The number of rotatable bonds is 4. The van der Waals surface area contributed by atoms with E-state index in [-0.39, 0.29) is 52.2 Å². The van der Waals surface area contributed by atoms with Gasteiger partial charge in [0.25, 0.3) is 0 Å². The molecule has 0 spiro atoms. The van der Waals surface area contributed by atoms with Gasteiger partial charge in [0.15, 0.2) is 15.5 Å². The van der Waals surface area contributed by atoms with E-state index < -0.39 is 21.3 Å². The Balaban J connectivity index is 0.000000308. The van der Waals surface area contributed by atoms with Crippen LogP contribution >= 0.6 is 11.6 Å². The molecule has 0 aliphatic carbocycles. The minimum atomic E-state index is -2.98. The summed E-state index contributed by atoms with van der Waals surface area (Å²) in [5, 5.41) is 8.76. The van der Waals surface area contributed by atoms with Crippen molar-refractivity contribution >= 4 is 32.6 Å². The van der Waals surface area contributed by atoms with Crippen molar-refractivity contribution in [1.82, 2.24) is 15.0 Å². The number of aromatic amines is 2. The summed E-state index contributed by atoms with van der Waals surface area (Å²) >= 11 is 6.19. The van der Waals surface area contributed by atoms with Gasteiger partial charge in [-0.1, -0.05) is 11.6 Å². The third kappa shape index (κ3) is 6.60. The number of nitrogens with one attached hydrogen (secondary N) is 2. The van der Waals surface area contributed by atoms with E-state index in [2.05, 4.69) is 15.0 Å². The number of hydrogen-bond acceptors (Lipinski definition) is 7. The Morgan fingerprint density at radius 3 is 2.57 bits per heavy atom. The van der Waals surface area contributed by atoms with E-state index >= 15 is 0 Å². The highest BCUT2D eigenvalue weighted by atomic mass is 35.5. The van der Waals surface area contributed by atoms with Crippen LogP contribution in [0.2, 0.25) is 5.02 Å². The molecule has 2 fully saturated rings. The maximum atomic E-state index is 14.6. The van der Waals surface area contributed by atoms with Crippen molar-refractivity contribution in [2.24, 2.45) is 0 Å². The SMILES string of the molecule is O=c1[nH]c2cc(Cl)c(-c3ccc(OC4CCS(=O)(=O)CC4)cc3F)nc2[nH]1.OC[C@@H]1CCCCO1. The highest BCUT2D eigenvalue weighted by Gasteiger charge is 2.25. The fourth-order valence-corrected chi connectivity index (χ4v) is 5.72. The zero-order valence-electron chi connectivity index (χ0n) is 18.9. The number of aromatic nitrogens is 3. The van der Waals surface area contributed by atoms with E-state index in [4.69, 9.17) is 26.2 Å². The molecule has 0 saturated carbocycles. The summed E-state index contributed by atoms with van der Waals surface area (Å²) in [7, 11) is -2.98. The van der Waals surface area contributed by atoms with Gasteiger partial charge in [-0.2, -0.15) is 0 Å². The van der Waals surface area contributed by atoms with E-state index in [0.717, 1.165) is 19.4 Å². The molecule has 4 heterocycles. The summed E-state index contributed by atoms with van der Waals surface area (Å²) < 4.78 is 48.5. The smallest absolute Gasteiger partial charge is 0.325 e. The lowest BCUT2D eigenvalue weighted by atomic mass is 10.1. The first-order chi connectivity index (χ1) is 16.7. The number of sulfone groups is 1. The second-order valence-corrected chi connectivity index (χ2v) is 11.3. The number of fused-ring (bicyclic) bond motifs is 1. The minimum Gasteiger partial charge on any atom is -0.490 e. The van der Waals surface area contributed by atoms with Crippen LogP contribution in [0.1, 0.15) is 32.1 Å². The van der Waals surface area contributed by atoms with Crippen molar-refractivity contribution in [1.29, 1.82) is 0 Å². The molecule has 35 heavy (non-hydrogen) atoms. The Kier molecular flexibility index (Phi) is 8.10. The van der Waals surface area contributed by atoms with Gasteiger partial charge in [0.1, 0.15) is 17.7 Å². The maximum absolute atomic E-state index is 14.6. The average molecular weight is 528 g/mol. The van der Waals surface area contributed by atoms with Crippen LogP contribution in [0.3, 0.4) is 0 Å². The Hall–Kier alpha value is -2.47. The molecule has 1 aromatic carbocycles. The molecule has 0 amide bonds. The van der Waals surface area contributed by atoms with Crippen LogP contribution in [0.4, 0.5) is 4.39 Å². The average Bonchev–Trinajstić information content (AvgIpc) is 3.20. The van der Waals surface area contributed by atoms with Crippen molar-refractivity contribution in [3.63, 3.8) is 0 Å². The molecule has 9 nitrogen and oxygen atoms in total. The lowest BCUT2D eigenvalue weighted by Gasteiger charge is -2.23. The maximum Gasteiger partial charge on any atom is 0.325 e. The third-order valence-electron chi connectivity index (χ3n) is 5.93. The van der Waals surface area contributed by atoms with Crippen molar-refractivity contribution < 1.29 is 27.4 Å². The normalized spacial score (nSPS) is 20.3. The van der Waals surface area contributed by atoms with Crippen LogP contribution in [0.15, 0.2) is 29.1 Å². The Bertz CT molecular complexity index is 1320. The van der Waals surface area contributed by atoms with Gasteiger partial charge in [-0.15, -0.1) is 0 Å². The summed E-state index contributed by atoms with van der Waals surface area (Å²) in [5.41, 5.74) is 0.656. The zero-order chi connectivity index (χ0) is 25.0.